The van der Waals surface area contributed by atoms with E-state index in [4.69, 9.17) is 5.73 Å². The van der Waals surface area contributed by atoms with Gasteiger partial charge in [0.05, 0.1) is 6.04 Å². The Kier molecular flexibility index (Phi) is 4.18. The van der Waals surface area contributed by atoms with Crippen molar-refractivity contribution in [1.29, 1.82) is 0 Å². The Morgan fingerprint density at radius 3 is 2.48 bits per heavy atom. The fourth-order valence-electron chi connectivity index (χ4n) is 5.09. The Bertz CT molecular complexity index is 1020. The lowest BCUT2D eigenvalue weighted by Crippen LogP contribution is -2.65. The number of nitrogens with zero attached hydrogens (tertiary/aromatic N) is 1. The van der Waals surface area contributed by atoms with Gasteiger partial charge in [-0.05, 0) is 38.4 Å². The van der Waals surface area contributed by atoms with Gasteiger partial charge < -0.3 is 21.1 Å². The molecule has 152 valence electrons. The highest BCUT2D eigenvalue weighted by molar-refractivity contribution is 6.24. The topological polar surface area (TPSA) is 141 Å². The quantitative estimate of drug-likeness (QED) is 0.524. The van der Waals surface area contributed by atoms with Gasteiger partial charge in [0.15, 0.2) is 11.4 Å². The largest absolute Gasteiger partial charge is 0.508 e. The van der Waals surface area contributed by atoms with Gasteiger partial charge in [0.2, 0.25) is 5.78 Å². The van der Waals surface area contributed by atoms with E-state index in [2.05, 4.69) is 0 Å². The molecule has 3 aliphatic rings. The monoisotopic (exact) mass is 398 g/mol. The molecule has 1 amide bonds. The van der Waals surface area contributed by atoms with Gasteiger partial charge in [0.25, 0.3) is 5.91 Å². The molecule has 0 bridgehead atoms. The van der Waals surface area contributed by atoms with E-state index >= 15 is 0 Å². The smallest absolute Gasteiger partial charge is 0.255 e. The lowest BCUT2D eigenvalue weighted by molar-refractivity contribution is -0.153. The molecule has 1 fully saturated rings. The number of aliphatic hydroxyl groups excluding tert-OH is 2. The maximum Gasteiger partial charge on any atom is 0.255 e. The van der Waals surface area contributed by atoms with Crippen LogP contribution in [-0.4, -0.2) is 63.4 Å². The minimum atomic E-state index is -2.51. The normalized spacial score (nSPS) is 31.5. The summed E-state index contributed by atoms with van der Waals surface area (Å²) in [6.07, 6.45) is 0.621. The summed E-state index contributed by atoms with van der Waals surface area (Å²) in [4.78, 5) is 39.7. The Morgan fingerprint density at radius 1 is 1.21 bits per heavy atom. The molecule has 1 aromatic carbocycles. The first-order valence-corrected chi connectivity index (χ1v) is 9.33. The second-order valence-electron chi connectivity index (χ2n) is 8.12. The summed E-state index contributed by atoms with van der Waals surface area (Å²) in [5.41, 5.74) is 3.35. The average Bonchev–Trinajstić information content (AvgIpc) is 2.64. The van der Waals surface area contributed by atoms with Crippen molar-refractivity contribution in [3.63, 3.8) is 0 Å². The van der Waals surface area contributed by atoms with Crippen molar-refractivity contribution in [2.75, 3.05) is 14.1 Å². The highest BCUT2D eigenvalue weighted by atomic mass is 16.3. The van der Waals surface area contributed by atoms with Crippen LogP contribution < -0.4 is 5.73 Å². The molecule has 1 aromatic rings. The number of carbonyl (C=O) groups excluding carboxylic acids is 3. The van der Waals surface area contributed by atoms with E-state index in [1.165, 1.54) is 4.90 Å². The number of carbonyl (C=O) groups is 3. The SMILES string of the molecule is CN(C)[C@@H]1C(=O)C(C(N)=O)=C(O)[C@@]2(O)C(=O)C3=C(O)c4ccccc4C[C@H]3C[C@@H]12. The Morgan fingerprint density at radius 2 is 1.86 bits per heavy atom. The van der Waals surface area contributed by atoms with Crippen molar-refractivity contribution in [1.82, 2.24) is 4.90 Å². The molecule has 0 saturated heterocycles. The first-order chi connectivity index (χ1) is 13.6. The van der Waals surface area contributed by atoms with Crippen LogP contribution in [0.5, 0.6) is 0 Å². The van der Waals surface area contributed by atoms with Gasteiger partial charge in [-0.1, -0.05) is 24.3 Å². The summed E-state index contributed by atoms with van der Waals surface area (Å²) in [6.45, 7) is 0. The number of hydrogen-bond donors (Lipinski definition) is 4. The zero-order valence-electron chi connectivity index (χ0n) is 16.0. The number of fused-ring (bicyclic) bond motifs is 3. The van der Waals surface area contributed by atoms with Gasteiger partial charge in [-0.2, -0.15) is 0 Å². The second kappa shape index (κ2) is 6.27. The van der Waals surface area contributed by atoms with Crippen LogP contribution in [0.4, 0.5) is 0 Å². The maximum atomic E-state index is 13.4. The van der Waals surface area contributed by atoms with Crippen LogP contribution in [0.3, 0.4) is 0 Å². The molecule has 0 radical (unpaired) electrons. The number of ketones is 2. The molecule has 0 heterocycles. The van der Waals surface area contributed by atoms with Crippen molar-refractivity contribution < 1.29 is 29.7 Å². The highest BCUT2D eigenvalue weighted by Crippen LogP contribution is 2.51. The highest BCUT2D eigenvalue weighted by Gasteiger charge is 2.63. The molecule has 0 spiro atoms. The zero-order valence-corrected chi connectivity index (χ0v) is 16.0. The molecule has 8 heteroatoms. The lowest BCUT2D eigenvalue weighted by Gasteiger charge is -2.50. The van der Waals surface area contributed by atoms with E-state index in [1.54, 1.807) is 26.2 Å². The van der Waals surface area contributed by atoms with E-state index in [0.717, 1.165) is 5.56 Å². The minimum Gasteiger partial charge on any atom is -0.508 e. The van der Waals surface area contributed by atoms with Crippen molar-refractivity contribution in [2.24, 2.45) is 17.6 Å². The summed E-state index contributed by atoms with van der Waals surface area (Å²) in [6, 6.07) is 6.06. The predicted octanol–water partition coefficient (Wildman–Crippen LogP) is 0.258. The number of rotatable bonds is 2. The van der Waals surface area contributed by atoms with Gasteiger partial charge in [-0.15, -0.1) is 0 Å². The third-order valence-corrected chi connectivity index (χ3v) is 6.36. The summed E-state index contributed by atoms with van der Waals surface area (Å²) < 4.78 is 0. The molecule has 4 atom stereocenters. The van der Waals surface area contributed by atoms with Crippen LogP contribution in [0.1, 0.15) is 17.5 Å². The van der Waals surface area contributed by atoms with Crippen LogP contribution in [0.15, 0.2) is 41.2 Å². The molecule has 3 aliphatic carbocycles. The minimum absolute atomic E-state index is 0.00433. The van der Waals surface area contributed by atoms with Crippen LogP contribution in [-0.2, 0) is 20.8 Å². The van der Waals surface area contributed by atoms with Crippen molar-refractivity contribution in [3.05, 3.63) is 52.3 Å². The average molecular weight is 398 g/mol. The predicted molar refractivity (Wildman–Crippen MR) is 103 cm³/mol. The van der Waals surface area contributed by atoms with Gasteiger partial charge in [0.1, 0.15) is 17.1 Å². The molecule has 0 aliphatic heterocycles. The Balaban J connectivity index is 1.97. The molecule has 8 nitrogen and oxygen atoms in total. The standard InChI is InChI=1S/C21H22N2O6/c1-23(2)15-12-8-10-7-9-5-3-4-6-11(9)16(24)13(10)18(26)21(12,29)19(27)14(17(15)25)20(22)28/h3-6,10,12,15,24,27,29H,7-8H2,1-2H3,(H2,22,28)/t10-,12-,15-,21-/m0/s1. The Hall–Kier alpha value is -2.97. The molecule has 4 rings (SSSR count). The number of hydrogen-bond acceptors (Lipinski definition) is 7. The summed E-state index contributed by atoms with van der Waals surface area (Å²) in [7, 11) is 3.18. The fraction of sp³-hybridized carbons (Fsp3) is 0.381. The number of primary amides is 1. The summed E-state index contributed by atoms with van der Waals surface area (Å²) in [5, 5.41) is 32.9. The number of aliphatic hydroxyl groups is 3. The summed E-state index contributed by atoms with van der Waals surface area (Å²) in [5.74, 6) is -5.54. The van der Waals surface area contributed by atoms with Crippen molar-refractivity contribution in [3.8, 4) is 0 Å². The number of amides is 1. The number of benzene rings is 1. The zero-order chi connectivity index (χ0) is 21.2. The van der Waals surface area contributed by atoms with Crippen molar-refractivity contribution >= 4 is 23.2 Å². The van der Waals surface area contributed by atoms with Gasteiger partial charge in [0, 0.05) is 17.1 Å². The van der Waals surface area contributed by atoms with E-state index in [1.807, 2.05) is 12.1 Å². The van der Waals surface area contributed by atoms with Crippen LogP contribution in [0.25, 0.3) is 5.76 Å². The molecular formula is C21H22N2O6. The van der Waals surface area contributed by atoms with Gasteiger partial charge in [-0.25, -0.2) is 0 Å². The molecular weight excluding hydrogens is 376 g/mol. The molecule has 0 unspecified atom stereocenters. The number of nitrogens with two attached hydrogens (primary N) is 1. The maximum absolute atomic E-state index is 13.4. The third kappa shape index (κ3) is 2.42. The fourth-order valence-corrected chi connectivity index (χ4v) is 5.09. The van der Waals surface area contributed by atoms with E-state index < -0.39 is 52.3 Å². The molecule has 0 aromatic heterocycles. The first-order valence-electron chi connectivity index (χ1n) is 9.33. The Labute approximate surface area is 166 Å². The second-order valence-corrected chi connectivity index (χ2v) is 8.12. The van der Waals surface area contributed by atoms with E-state index in [0.29, 0.717) is 12.0 Å². The van der Waals surface area contributed by atoms with Gasteiger partial charge >= 0.3 is 0 Å². The van der Waals surface area contributed by atoms with E-state index in [9.17, 15) is 29.7 Å². The number of likely N-dealkylation sites (N-methyl/N-ethyl adjacent to an activating group) is 1. The van der Waals surface area contributed by atoms with Crippen molar-refractivity contribution in [2.45, 2.75) is 24.5 Å². The first kappa shape index (κ1) is 19.4. The molecule has 1 saturated carbocycles. The van der Waals surface area contributed by atoms with Gasteiger partial charge in [-0.3, -0.25) is 19.3 Å². The van der Waals surface area contributed by atoms with E-state index in [-0.39, 0.29) is 17.8 Å². The number of Topliss-reactive ketones (excluding diaryl/α,β-unsaturated/α-hetero) is 2. The summed E-state index contributed by atoms with van der Waals surface area (Å²) >= 11 is 0. The third-order valence-electron chi connectivity index (χ3n) is 6.36. The van der Waals surface area contributed by atoms with Crippen LogP contribution in [0, 0.1) is 11.8 Å². The van der Waals surface area contributed by atoms with Crippen LogP contribution >= 0.6 is 0 Å². The molecule has 29 heavy (non-hydrogen) atoms. The molecule has 5 N–H and O–H groups in total. The lowest BCUT2D eigenvalue weighted by atomic mass is 9.57. The van der Waals surface area contributed by atoms with Crippen LogP contribution in [0.2, 0.25) is 0 Å².